The number of hydrogen-bond donors (Lipinski definition) is 3. The number of rotatable bonds is 8. The van der Waals surface area contributed by atoms with Gasteiger partial charge in [0.1, 0.15) is 0 Å². The van der Waals surface area contributed by atoms with E-state index in [1.54, 1.807) is 14.2 Å². The molecule has 1 saturated carbocycles. The number of aliphatic imine (C=N–C) groups is 1. The Morgan fingerprint density at radius 1 is 1.20 bits per heavy atom. The fraction of sp³-hybridized carbons (Fsp3) is 0.636. The van der Waals surface area contributed by atoms with Crippen LogP contribution in [0.5, 0.6) is 0 Å². The van der Waals surface area contributed by atoms with Crippen LogP contribution in [0, 0.1) is 5.41 Å². The molecular weight excluding hydrogens is 493 g/mol. The van der Waals surface area contributed by atoms with E-state index in [0.717, 1.165) is 62.7 Å². The highest BCUT2D eigenvalue weighted by Gasteiger charge is 2.36. The summed E-state index contributed by atoms with van der Waals surface area (Å²) in [6.45, 7) is 4.08. The molecule has 2 aliphatic rings. The maximum Gasteiger partial charge on any atom is 0.321 e. The molecule has 168 valence electrons. The number of nitrogens with zero attached hydrogens (tertiary/aromatic N) is 2. The van der Waals surface area contributed by atoms with Crippen molar-refractivity contribution in [2.45, 2.75) is 45.1 Å². The number of halogens is 1. The number of benzene rings is 1. The number of guanidine groups is 1. The van der Waals surface area contributed by atoms with Gasteiger partial charge in [0.15, 0.2) is 5.96 Å². The number of methoxy groups -OCH3 is 1. The van der Waals surface area contributed by atoms with Crippen LogP contribution in [-0.4, -0.2) is 57.3 Å². The highest BCUT2D eigenvalue weighted by molar-refractivity contribution is 14.0. The molecule has 0 aromatic heterocycles. The van der Waals surface area contributed by atoms with Crippen molar-refractivity contribution in [3.8, 4) is 0 Å². The number of anilines is 1. The van der Waals surface area contributed by atoms with Crippen LogP contribution >= 0.6 is 24.0 Å². The van der Waals surface area contributed by atoms with Crippen molar-refractivity contribution in [1.82, 2.24) is 15.5 Å². The molecule has 0 unspecified atom stereocenters. The molecule has 0 bridgehead atoms. The van der Waals surface area contributed by atoms with E-state index >= 15 is 0 Å². The van der Waals surface area contributed by atoms with Crippen molar-refractivity contribution in [3.63, 3.8) is 0 Å². The Morgan fingerprint density at radius 2 is 1.97 bits per heavy atom. The molecule has 3 rings (SSSR count). The third kappa shape index (κ3) is 7.01. The Hall–Kier alpha value is -1.55. The average molecular weight is 529 g/mol. The number of nitrogens with one attached hydrogen (secondary N) is 3. The first kappa shape index (κ1) is 24.7. The first-order chi connectivity index (χ1) is 14.1. The van der Waals surface area contributed by atoms with Crippen LogP contribution in [0.4, 0.5) is 10.5 Å². The molecule has 1 aliphatic carbocycles. The van der Waals surface area contributed by atoms with Crippen molar-refractivity contribution >= 4 is 41.7 Å². The van der Waals surface area contributed by atoms with E-state index in [9.17, 15) is 4.79 Å². The van der Waals surface area contributed by atoms with Crippen LogP contribution in [0.2, 0.25) is 0 Å². The van der Waals surface area contributed by atoms with E-state index in [-0.39, 0.29) is 30.0 Å². The number of carbonyl (C=O) groups is 1. The summed E-state index contributed by atoms with van der Waals surface area (Å²) in [6, 6.07) is 7.96. The van der Waals surface area contributed by atoms with Gasteiger partial charge in [-0.2, -0.15) is 0 Å². The van der Waals surface area contributed by atoms with Crippen LogP contribution in [0.1, 0.15) is 44.1 Å². The molecule has 1 aromatic carbocycles. The van der Waals surface area contributed by atoms with Gasteiger partial charge < -0.3 is 25.6 Å². The van der Waals surface area contributed by atoms with Crippen molar-refractivity contribution < 1.29 is 9.53 Å². The van der Waals surface area contributed by atoms with E-state index < -0.39 is 0 Å². The van der Waals surface area contributed by atoms with E-state index in [4.69, 9.17) is 4.74 Å². The number of ether oxygens (including phenoxy) is 1. The minimum absolute atomic E-state index is 0. The van der Waals surface area contributed by atoms with Gasteiger partial charge in [0, 0.05) is 52.6 Å². The number of carbonyl (C=O) groups excluding carboxylic acids is 1. The van der Waals surface area contributed by atoms with Gasteiger partial charge in [-0.05, 0) is 55.2 Å². The molecule has 7 nitrogen and oxygen atoms in total. The van der Waals surface area contributed by atoms with E-state index in [0.29, 0.717) is 12.0 Å². The van der Waals surface area contributed by atoms with Gasteiger partial charge in [-0.1, -0.05) is 18.6 Å². The fourth-order valence-electron chi connectivity index (χ4n) is 4.07. The number of amides is 2. The van der Waals surface area contributed by atoms with Gasteiger partial charge in [0.25, 0.3) is 0 Å². The monoisotopic (exact) mass is 529 g/mol. The summed E-state index contributed by atoms with van der Waals surface area (Å²) >= 11 is 0. The second-order valence-corrected chi connectivity index (χ2v) is 8.20. The Bertz CT molecular complexity index is 703. The standard InChI is InChI=1S/C22H35N5O2.HI/c1-23-20(25-17-22(9-6-10-22)11-14-29-2)24-16-18-7-5-8-19(15-18)26-21(28)27-12-3-4-13-27;/h5,7-8,15H,3-4,6,9-14,16-17H2,1-2H3,(H,26,28)(H2,23,24,25);1H. The average Bonchev–Trinajstić information content (AvgIpc) is 3.24. The summed E-state index contributed by atoms with van der Waals surface area (Å²) in [5.74, 6) is 0.806. The molecule has 0 spiro atoms. The lowest BCUT2D eigenvalue weighted by Crippen LogP contribution is -2.46. The minimum Gasteiger partial charge on any atom is -0.385 e. The Morgan fingerprint density at radius 3 is 2.60 bits per heavy atom. The van der Waals surface area contributed by atoms with Gasteiger partial charge in [-0.15, -0.1) is 24.0 Å². The van der Waals surface area contributed by atoms with E-state index in [2.05, 4.69) is 27.0 Å². The van der Waals surface area contributed by atoms with Gasteiger partial charge in [0.2, 0.25) is 0 Å². The molecule has 2 fully saturated rings. The second-order valence-electron chi connectivity index (χ2n) is 8.20. The predicted octanol–water partition coefficient (Wildman–Crippen LogP) is 3.80. The molecule has 1 aliphatic heterocycles. The van der Waals surface area contributed by atoms with Crippen molar-refractivity contribution in [3.05, 3.63) is 29.8 Å². The maximum absolute atomic E-state index is 12.3. The SMILES string of the molecule is CN=C(NCc1cccc(NC(=O)N2CCCC2)c1)NCC1(CCOC)CCC1.I. The lowest BCUT2D eigenvalue weighted by molar-refractivity contribution is 0.0732. The highest BCUT2D eigenvalue weighted by Crippen LogP contribution is 2.43. The molecule has 1 heterocycles. The van der Waals surface area contributed by atoms with Gasteiger partial charge in [-0.3, -0.25) is 4.99 Å². The summed E-state index contributed by atoms with van der Waals surface area (Å²) in [4.78, 5) is 18.5. The number of hydrogen-bond acceptors (Lipinski definition) is 3. The number of likely N-dealkylation sites (tertiary alicyclic amines) is 1. The molecule has 1 aromatic rings. The smallest absolute Gasteiger partial charge is 0.321 e. The molecule has 0 atom stereocenters. The predicted molar refractivity (Wildman–Crippen MR) is 133 cm³/mol. The van der Waals surface area contributed by atoms with Crippen LogP contribution in [-0.2, 0) is 11.3 Å². The zero-order chi connectivity index (χ0) is 20.5. The van der Waals surface area contributed by atoms with Crippen molar-refractivity contribution in [2.75, 3.05) is 45.7 Å². The third-order valence-electron chi connectivity index (χ3n) is 6.14. The first-order valence-corrected chi connectivity index (χ1v) is 10.7. The number of urea groups is 1. The van der Waals surface area contributed by atoms with Gasteiger partial charge in [-0.25, -0.2) is 4.79 Å². The fourth-order valence-corrected chi connectivity index (χ4v) is 4.07. The Labute approximate surface area is 197 Å². The van der Waals surface area contributed by atoms with Crippen LogP contribution in [0.3, 0.4) is 0 Å². The molecule has 1 saturated heterocycles. The van der Waals surface area contributed by atoms with Gasteiger partial charge in [0.05, 0.1) is 0 Å². The minimum atomic E-state index is -0.00746. The normalized spacial score (nSPS) is 17.7. The van der Waals surface area contributed by atoms with Crippen LogP contribution < -0.4 is 16.0 Å². The third-order valence-corrected chi connectivity index (χ3v) is 6.14. The molecular formula is C22H36IN5O2. The quantitative estimate of drug-likeness (QED) is 0.272. The maximum atomic E-state index is 12.3. The lowest BCUT2D eigenvalue weighted by Gasteiger charge is -2.42. The summed E-state index contributed by atoms with van der Waals surface area (Å²) < 4.78 is 5.28. The Kier molecular flexibility index (Phi) is 10.2. The van der Waals surface area contributed by atoms with E-state index in [1.165, 1.54) is 19.3 Å². The zero-order valence-electron chi connectivity index (χ0n) is 18.2. The molecule has 0 radical (unpaired) electrons. The lowest BCUT2D eigenvalue weighted by atomic mass is 9.67. The van der Waals surface area contributed by atoms with Crippen molar-refractivity contribution in [2.24, 2.45) is 10.4 Å². The molecule has 30 heavy (non-hydrogen) atoms. The second kappa shape index (κ2) is 12.3. The van der Waals surface area contributed by atoms with Gasteiger partial charge >= 0.3 is 6.03 Å². The molecule has 2 amide bonds. The summed E-state index contributed by atoms with van der Waals surface area (Å²) in [5, 5.41) is 9.87. The largest absolute Gasteiger partial charge is 0.385 e. The topological polar surface area (TPSA) is 78.0 Å². The first-order valence-electron chi connectivity index (χ1n) is 10.7. The Balaban J connectivity index is 0.00000320. The van der Waals surface area contributed by atoms with Crippen molar-refractivity contribution in [1.29, 1.82) is 0 Å². The van der Waals surface area contributed by atoms with E-state index in [1.807, 2.05) is 23.1 Å². The van der Waals surface area contributed by atoms with Crippen LogP contribution in [0.25, 0.3) is 0 Å². The zero-order valence-corrected chi connectivity index (χ0v) is 20.5. The summed E-state index contributed by atoms with van der Waals surface area (Å²) in [6.07, 6.45) is 7.07. The summed E-state index contributed by atoms with van der Waals surface area (Å²) in [7, 11) is 3.56. The van der Waals surface area contributed by atoms with Crippen LogP contribution in [0.15, 0.2) is 29.3 Å². The molecule has 8 heteroatoms. The molecule has 3 N–H and O–H groups in total. The summed E-state index contributed by atoms with van der Waals surface area (Å²) in [5.41, 5.74) is 2.27. The highest BCUT2D eigenvalue weighted by atomic mass is 127.